The Labute approximate surface area is 118 Å². The molecule has 2 atom stereocenters. The van der Waals surface area contributed by atoms with Crippen molar-refractivity contribution < 1.29 is 9.47 Å². The van der Waals surface area contributed by atoms with Crippen molar-refractivity contribution in [1.82, 2.24) is 4.98 Å². The van der Waals surface area contributed by atoms with Crippen LogP contribution in [-0.4, -0.2) is 12.1 Å². The first kappa shape index (κ1) is 12.9. The van der Waals surface area contributed by atoms with Crippen LogP contribution in [0.15, 0.2) is 36.5 Å². The van der Waals surface area contributed by atoms with E-state index in [0.29, 0.717) is 0 Å². The molecule has 0 spiro atoms. The quantitative estimate of drug-likeness (QED) is 0.911. The lowest BCUT2D eigenvalue weighted by molar-refractivity contribution is 0.160. The highest BCUT2D eigenvalue weighted by Gasteiger charge is 2.27. The minimum absolute atomic E-state index is 0.0315. The van der Waals surface area contributed by atoms with Crippen molar-refractivity contribution in [3.8, 4) is 11.5 Å². The number of hydrogen-bond donors (Lipinski definition) is 1. The molecule has 4 nitrogen and oxygen atoms in total. The van der Waals surface area contributed by atoms with Crippen molar-refractivity contribution in [2.24, 2.45) is 5.73 Å². The maximum atomic E-state index is 6.25. The van der Waals surface area contributed by atoms with E-state index in [9.17, 15) is 0 Å². The van der Waals surface area contributed by atoms with Gasteiger partial charge < -0.3 is 15.2 Å². The van der Waals surface area contributed by atoms with Gasteiger partial charge in [-0.3, -0.25) is 4.98 Å². The first-order chi connectivity index (χ1) is 9.67. The van der Waals surface area contributed by atoms with Crippen molar-refractivity contribution in [1.29, 1.82) is 0 Å². The van der Waals surface area contributed by atoms with Crippen LogP contribution in [-0.2, 0) is 0 Å². The lowest BCUT2D eigenvalue weighted by atomic mass is 9.94. The molecule has 0 saturated heterocycles. The number of benzene rings is 1. The number of methoxy groups -OCH3 is 1. The number of aromatic nitrogens is 1. The molecule has 2 N–H and O–H groups in total. The topological polar surface area (TPSA) is 57.4 Å². The summed E-state index contributed by atoms with van der Waals surface area (Å²) in [6, 6.07) is 9.79. The summed E-state index contributed by atoms with van der Waals surface area (Å²) in [4.78, 5) is 4.32. The van der Waals surface area contributed by atoms with E-state index in [2.05, 4.69) is 4.98 Å². The van der Waals surface area contributed by atoms with Gasteiger partial charge in [0.25, 0.3) is 0 Å². The minimum atomic E-state index is -0.0577. The van der Waals surface area contributed by atoms with Crippen LogP contribution in [0.5, 0.6) is 11.5 Å². The Morgan fingerprint density at radius 1 is 1.30 bits per heavy atom. The second-order valence-corrected chi connectivity index (χ2v) is 5.09. The van der Waals surface area contributed by atoms with E-state index < -0.39 is 0 Å². The first-order valence-electron chi connectivity index (χ1n) is 6.70. The maximum Gasteiger partial charge on any atom is 0.128 e. The van der Waals surface area contributed by atoms with Crippen LogP contribution in [0.4, 0.5) is 0 Å². The molecule has 0 radical (unpaired) electrons. The van der Waals surface area contributed by atoms with E-state index in [1.807, 2.05) is 43.5 Å². The Balaban J connectivity index is 1.92. The Hall–Kier alpha value is -2.07. The molecular weight excluding hydrogens is 252 g/mol. The van der Waals surface area contributed by atoms with Gasteiger partial charge in [-0.1, -0.05) is 12.1 Å². The molecule has 1 unspecified atom stereocenters. The number of fused-ring (bicyclic) bond motifs is 1. The third kappa shape index (κ3) is 2.34. The predicted octanol–water partition coefficient (Wildman–Crippen LogP) is 2.92. The second-order valence-electron chi connectivity index (χ2n) is 5.09. The third-order valence-corrected chi connectivity index (χ3v) is 3.66. The summed E-state index contributed by atoms with van der Waals surface area (Å²) in [7, 11) is 1.64. The molecule has 1 aliphatic heterocycles. The monoisotopic (exact) mass is 270 g/mol. The van der Waals surface area contributed by atoms with Crippen LogP contribution < -0.4 is 15.2 Å². The number of nitrogens with two attached hydrogens (primary N) is 1. The van der Waals surface area contributed by atoms with Gasteiger partial charge in [0, 0.05) is 41.5 Å². The second kappa shape index (κ2) is 5.13. The van der Waals surface area contributed by atoms with E-state index in [-0.39, 0.29) is 12.1 Å². The van der Waals surface area contributed by atoms with Crippen molar-refractivity contribution in [3.05, 3.63) is 53.3 Å². The SMILES string of the molecule is COc1ccc2c(c1)OC(c1ccc(C)nc1)C[C@H]2N. The van der Waals surface area contributed by atoms with Crippen LogP contribution in [0.1, 0.15) is 35.4 Å². The smallest absolute Gasteiger partial charge is 0.128 e. The van der Waals surface area contributed by atoms with E-state index in [4.69, 9.17) is 15.2 Å². The highest BCUT2D eigenvalue weighted by atomic mass is 16.5. The molecule has 0 fully saturated rings. The molecule has 1 aromatic carbocycles. The molecule has 0 aliphatic carbocycles. The van der Waals surface area contributed by atoms with Gasteiger partial charge in [-0.2, -0.15) is 0 Å². The molecule has 0 saturated carbocycles. The molecule has 3 rings (SSSR count). The fourth-order valence-corrected chi connectivity index (χ4v) is 2.48. The van der Waals surface area contributed by atoms with Crippen LogP contribution in [0.2, 0.25) is 0 Å². The van der Waals surface area contributed by atoms with Crippen LogP contribution in [0, 0.1) is 6.92 Å². The van der Waals surface area contributed by atoms with Gasteiger partial charge in [-0.25, -0.2) is 0 Å². The molecule has 0 amide bonds. The Bertz CT molecular complexity index is 610. The first-order valence-corrected chi connectivity index (χ1v) is 6.70. The Morgan fingerprint density at radius 3 is 2.85 bits per heavy atom. The van der Waals surface area contributed by atoms with Gasteiger partial charge >= 0.3 is 0 Å². The highest BCUT2D eigenvalue weighted by Crippen LogP contribution is 2.41. The van der Waals surface area contributed by atoms with Crippen molar-refractivity contribution in [2.75, 3.05) is 7.11 Å². The summed E-state index contributed by atoms with van der Waals surface area (Å²) < 4.78 is 11.3. The zero-order chi connectivity index (χ0) is 14.1. The molecule has 1 aliphatic rings. The molecule has 1 aromatic heterocycles. The zero-order valence-electron chi connectivity index (χ0n) is 11.7. The molecule has 2 heterocycles. The van der Waals surface area contributed by atoms with Gasteiger partial charge in [0.05, 0.1) is 7.11 Å². The number of hydrogen-bond acceptors (Lipinski definition) is 4. The molecule has 2 aromatic rings. The van der Waals surface area contributed by atoms with Crippen molar-refractivity contribution in [2.45, 2.75) is 25.5 Å². The van der Waals surface area contributed by atoms with Gasteiger partial charge in [0.15, 0.2) is 0 Å². The van der Waals surface area contributed by atoms with Crippen LogP contribution >= 0.6 is 0 Å². The molecule has 0 bridgehead atoms. The minimum Gasteiger partial charge on any atom is -0.497 e. The van der Waals surface area contributed by atoms with Gasteiger partial charge in [-0.15, -0.1) is 0 Å². The summed E-state index contributed by atoms with van der Waals surface area (Å²) in [5.41, 5.74) is 9.34. The molecule has 20 heavy (non-hydrogen) atoms. The third-order valence-electron chi connectivity index (χ3n) is 3.66. The summed E-state index contributed by atoms with van der Waals surface area (Å²) in [6.07, 6.45) is 2.56. The average Bonchev–Trinajstić information content (AvgIpc) is 2.47. The normalized spacial score (nSPS) is 20.9. The van der Waals surface area contributed by atoms with Crippen molar-refractivity contribution >= 4 is 0 Å². The lowest BCUT2D eigenvalue weighted by Gasteiger charge is -2.30. The number of nitrogens with zero attached hydrogens (tertiary/aromatic N) is 1. The summed E-state index contributed by atoms with van der Waals surface area (Å²) in [6.45, 7) is 1.97. The van der Waals surface area contributed by atoms with E-state index >= 15 is 0 Å². The molecule has 104 valence electrons. The molecular formula is C16H18N2O2. The van der Waals surface area contributed by atoms with E-state index in [1.165, 1.54) is 0 Å². The number of ether oxygens (including phenoxy) is 2. The summed E-state index contributed by atoms with van der Waals surface area (Å²) in [5.74, 6) is 1.58. The largest absolute Gasteiger partial charge is 0.497 e. The predicted molar refractivity (Wildman–Crippen MR) is 76.9 cm³/mol. The lowest BCUT2D eigenvalue weighted by Crippen LogP contribution is -2.24. The highest BCUT2D eigenvalue weighted by molar-refractivity contribution is 5.44. The molecule has 4 heteroatoms. The Kier molecular flexibility index (Phi) is 3.32. The van der Waals surface area contributed by atoms with Crippen molar-refractivity contribution in [3.63, 3.8) is 0 Å². The maximum absolute atomic E-state index is 6.25. The zero-order valence-corrected chi connectivity index (χ0v) is 11.7. The number of rotatable bonds is 2. The average molecular weight is 270 g/mol. The summed E-state index contributed by atoms with van der Waals surface area (Å²) in [5, 5.41) is 0. The van der Waals surface area contributed by atoms with Gasteiger partial charge in [0.2, 0.25) is 0 Å². The fourth-order valence-electron chi connectivity index (χ4n) is 2.48. The van der Waals surface area contributed by atoms with E-state index in [1.54, 1.807) is 7.11 Å². The fraction of sp³-hybridized carbons (Fsp3) is 0.312. The van der Waals surface area contributed by atoms with Gasteiger partial charge in [-0.05, 0) is 19.1 Å². The Morgan fingerprint density at radius 2 is 2.15 bits per heavy atom. The standard InChI is InChI=1S/C16H18N2O2/c1-10-3-4-11(9-18-10)15-8-14(17)13-6-5-12(19-2)7-16(13)20-15/h3-7,9,14-15H,8,17H2,1-2H3/t14-,15?/m1/s1. The number of pyridine rings is 1. The number of aryl methyl sites for hydroxylation is 1. The van der Waals surface area contributed by atoms with Crippen LogP contribution in [0.25, 0.3) is 0 Å². The summed E-state index contributed by atoms with van der Waals surface area (Å²) >= 11 is 0. The van der Waals surface area contributed by atoms with Crippen LogP contribution in [0.3, 0.4) is 0 Å². The van der Waals surface area contributed by atoms with E-state index in [0.717, 1.165) is 34.7 Å². The van der Waals surface area contributed by atoms with Gasteiger partial charge in [0.1, 0.15) is 17.6 Å².